The van der Waals surface area contributed by atoms with Crippen LogP contribution in [-0.4, -0.2) is 24.1 Å². The minimum atomic E-state index is -0.127. The van der Waals surface area contributed by atoms with Crippen molar-refractivity contribution in [1.82, 2.24) is 0 Å². The Kier molecular flexibility index (Phi) is 7.12. The molecular weight excluding hydrogens is 472 g/mol. The Morgan fingerprint density at radius 3 is 1.95 bits per heavy atom. The monoisotopic (exact) mass is 528 g/mol. The molecule has 0 N–H and O–H groups in total. The lowest BCUT2D eigenvalue weighted by molar-refractivity contribution is -0.218. The topological polar surface area (TPSA) is 52.6 Å². The minimum Gasteiger partial charge on any atom is -0.462 e. The van der Waals surface area contributed by atoms with Gasteiger partial charge in [0, 0.05) is 30.6 Å². The number of hydrogen-bond donors (Lipinski definition) is 0. The average molecular weight is 529 g/mol. The lowest BCUT2D eigenvalue weighted by atomic mass is 9.38. The third-order valence-electron chi connectivity index (χ3n) is 13.1. The van der Waals surface area contributed by atoms with E-state index in [-0.39, 0.29) is 40.4 Å². The van der Waals surface area contributed by atoms with Crippen LogP contribution in [0.25, 0.3) is 0 Å². The first-order chi connectivity index (χ1) is 17.6. The van der Waals surface area contributed by atoms with Gasteiger partial charge >= 0.3 is 11.9 Å². The van der Waals surface area contributed by atoms with Crippen molar-refractivity contribution in [1.29, 1.82) is 0 Å². The summed E-state index contributed by atoms with van der Waals surface area (Å²) in [6.07, 6.45) is 8.64. The fraction of sp³-hybridized carbons (Fsp3) is 0.941. The van der Waals surface area contributed by atoms with E-state index >= 15 is 0 Å². The molecule has 38 heavy (non-hydrogen) atoms. The van der Waals surface area contributed by atoms with Crippen LogP contribution in [-0.2, 0) is 19.1 Å². The molecule has 0 aromatic rings. The Labute approximate surface area is 232 Å². The van der Waals surface area contributed by atoms with Gasteiger partial charge in [-0.25, -0.2) is 0 Å². The summed E-state index contributed by atoms with van der Waals surface area (Å²) in [5.74, 6) is 6.61. The van der Waals surface area contributed by atoms with E-state index in [0.717, 1.165) is 42.4 Å². The highest BCUT2D eigenvalue weighted by Gasteiger charge is 2.64. The van der Waals surface area contributed by atoms with Gasteiger partial charge in [0.25, 0.3) is 0 Å². The smallest absolute Gasteiger partial charge is 0.302 e. The van der Waals surface area contributed by atoms with Gasteiger partial charge < -0.3 is 9.47 Å². The van der Waals surface area contributed by atoms with E-state index in [1.807, 2.05) is 0 Å². The molecule has 10 unspecified atom stereocenters. The maximum absolute atomic E-state index is 12.2. The molecule has 216 valence electrons. The van der Waals surface area contributed by atoms with E-state index in [0.29, 0.717) is 29.6 Å². The second-order valence-corrected chi connectivity index (χ2v) is 16.6. The van der Waals surface area contributed by atoms with Crippen molar-refractivity contribution < 1.29 is 19.1 Å². The van der Waals surface area contributed by atoms with E-state index in [2.05, 4.69) is 55.4 Å². The van der Waals surface area contributed by atoms with Crippen molar-refractivity contribution in [3.8, 4) is 0 Å². The van der Waals surface area contributed by atoms with Crippen LogP contribution in [0.2, 0.25) is 0 Å². The van der Waals surface area contributed by atoms with Crippen LogP contribution < -0.4 is 0 Å². The highest BCUT2D eigenvalue weighted by atomic mass is 16.5. The summed E-state index contributed by atoms with van der Waals surface area (Å²) in [6, 6.07) is 0. The van der Waals surface area contributed by atoms with Gasteiger partial charge in [0.15, 0.2) is 0 Å². The summed E-state index contributed by atoms with van der Waals surface area (Å²) in [6.45, 7) is 22.7. The number of fused-ring (bicyclic) bond motifs is 7. The minimum absolute atomic E-state index is 0.0350. The molecule has 0 spiro atoms. The van der Waals surface area contributed by atoms with Crippen LogP contribution in [0.1, 0.15) is 114 Å². The Hall–Kier alpha value is -1.06. The second kappa shape index (κ2) is 9.51. The zero-order valence-electron chi connectivity index (χ0n) is 26.0. The van der Waals surface area contributed by atoms with Gasteiger partial charge in [0.05, 0.1) is 0 Å². The normalized spacial score (nSPS) is 48.4. The molecule has 0 aromatic carbocycles. The van der Waals surface area contributed by atoms with Crippen molar-refractivity contribution in [3.63, 3.8) is 0 Å². The Morgan fingerprint density at radius 1 is 0.684 bits per heavy atom. The van der Waals surface area contributed by atoms with Crippen molar-refractivity contribution in [2.45, 2.75) is 126 Å². The van der Waals surface area contributed by atoms with Crippen molar-refractivity contribution in [2.24, 2.45) is 75.4 Å². The van der Waals surface area contributed by atoms with E-state index in [4.69, 9.17) is 9.47 Å². The lowest BCUT2D eigenvalue weighted by Crippen LogP contribution is -2.63. The highest BCUT2D eigenvalue weighted by molar-refractivity contribution is 5.66. The van der Waals surface area contributed by atoms with Crippen LogP contribution in [0, 0.1) is 75.4 Å². The summed E-state index contributed by atoms with van der Waals surface area (Å²) >= 11 is 0. The molecule has 0 amide bonds. The largest absolute Gasteiger partial charge is 0.462 e. The second-order valence-electron chi connectivity index (χ2n) is 16.6. The molecule has 0 aliphatic heterocycles. The highest BCUT2D eigenvalue weighted by Crippen LogP contribution is 2.69. The van der Waals surface area contributed by atoms with Crippen LogP contribution in [0.3, 0.4) is 0 Å². The number of ether oxygens (including phenoxy) is 2. The molecule has 5 aliphatic rings. The molecule has 4 nitrogen and oxygen atoms in total. The third-order valence-corrected chi connectivity index (χ3v) is 13.1. The molecule has 0 saturated heterocycles. The van der Waals surface area contributed by atoms with Crippen molar-refractivity contribution in [3.05, 3.63) is 0 Å². The van der Waals surface area contributed by atoms with Gasteiger partial charge in [-0.3, -0.25) is 9.59 Å². The number of esters is 2. The number of rotatable bonds is 2. The quantitative estimate of drug-likeness (QED) is 0.342. The summed E-state index contributed by atoms with van der Waals surface area (Å²) < 4.78 is 12.1. The molecule has 4 heteroatoms. The molecular formula is C34H56O4. The molecule has 5 rings (SSSR count). The van der Waals surface area contributed by atoms with Crippen molar-refractivity contribution >= 4 is 11.9 Å². The maximum Gasteiger partial charge on any atom is 0.302 e. The number of hydrogen-bond acceptors (Lipinski definition) is 4. The van der Waals surface area contributed by atoms with Crippen LogP contribution in [0.15, 0.2) is 0 Å². The zero-order valence-corrected chi connectivity index (χ0v) is 26.0. The summed E-state index contributed by atoms with van der Waals surface area (Å²) in [7, 11) is 0. The molecule has 0 bridgehead atoms. The third kappa shape index (κ3) is 4.47. The number of carbonyl (C=O) groups excluding carboxylic acids is 2. The van der Waals surface area contributed by atoms with Crippen LogP contribution >= 0.6 is 0 Å². The van der Waals surface area contributed by atoms with Crippen molar-refractivity contribution in [2.75, 3.05) is 0 Å². The van der Waals surface area contributed by atoms with Gasteiger partial charge in [-0.05, 0) is 104 Å². The average Bonchev–Trinajstić information content (AvgIpc) is 2.78. The van der Waals surface area contributed by atoms with Crippen LogP contribution in [0.5, 0.6) is 0 Å². The maximum atomic E-state index is 12.2. The van der Waals surface area contributed by atoms with E-state index in [1.54, 1.807) is 13.8 Å². The molecule has 5 fully saturated rings. The zero-order chi connectivity index (χ0) is 27.9. The first-order valence-corrected chi connectivity index (χ1v) is 15.9. The van der Waals surface area contributed by atoms with Gasteiger partial charge in [0.2, 0.25) is 0 Å². The Bertz CT molecular complexity index is 933. The molecule has 5 aliphatic carbocycles. The molecule has 0 heterocycles. The standard InChI is InChI=1S/C34H56O4/c1-18-15-24-23(11-12-26-28(24)19(2)16-27(34(26,9)10)37-20(3)35)30-29(18)22-13-14-32(5,6)31(38-21(4)36)25(22)17-33(30,7)8/h18-19,22-31H,11-17H2,1-10H3/t18-,19+,22?,23?,24?,25?,26?,27?,28?,29?,30?,31?/m0/s1. The first-order valence-electron chi connectivity index (χ1n) is 15.9. The van der Waals surface area contributed by atoms with E-state index in [1.165, 1.54) is 32.1 Å². The summed E-state index contributed by atoms with van der Waals surface area (Å²) in [4.78, 5) is 24.2. The fourth-order valence-electron chi connectivity index (χ4n) is 11.9. The molecule has 5 saturated carbocycles. The molecule has 0 radical (unpaired) electrons. The van der Waals surface area contributed by atoms with Gasteiger partial charge in [-0.15, -0.1) is 0 Å². The predicted octanol–water partition coefficient (Wildman–Crippen LogP) is 7.93. The molecule has 0 aromatic heterocycles. The van der Waals surface area contributed by atoms with E-state index in [9.17, 15) is 9.59 Å². The van der Waals surface area contributed by atoms with Crippen LogP contribution in [0.4, 0.5) is 0 Å². The van der Waals surface area contributed by atoms with Gasteiger partial charge in [-0.2, -0.15) is 0 Å². The fourth-order valence-corrected chi connectivity index (χ4v) is 11.9. The van der Waals surface area contributed by atoms with Gasteiger partial charge in [0.1, 0.15) is 12.2 Å². The van der Waals surface area contributed by atoms with E-state index < -0.39 is 0 Å². The summed E-state index contributed by atoms with van der Waals surface area (Å²) in [5, 5.41) is 0. The Morgan fingerprint density at radius 2 is 1.32 bits per heavy atom. The predicted molar refractivity (Wildman–Crippen MR) is 151 cm³/mol. The Balaban J connectivity index is 1.46. The SMILES string of the molecule is CC(=O)OC1C2CC(C)(C)C3C4CCC5C(C4C[C@H](C)C3C2CCC1(C)C)[C@H](C)CC(OC(C)=O)C5(C)C. The lowest BCUT2D eigenvalue weighted by Gasteiger charge is -2.67. The molecule has 12 atom stereocenters. The number of carbonyl (C=O) groups is 2. The van der Waals surface area contributed by atoms with Gasteiger partial charge in [-0.1, -0.05) is 55.4 Å². The summed E-state index contributed by atoms with van der Waals surface area (Å²) in [5.41, 5.74) is 0.332. The first kappa shape index (κ1) is 28.5.